The van der Waals surface area contributed by atoms with Crippen LogP contribution >= 0.6 is 23.2 Å². The first kappa shape index (κ1) is 28.7. The zero-order valence-corrected chi connectivity index (χ0v) is 24.3. The molecule has 2 aliphatic heterocycles. The molecule has 0 unspecified atom stereocenters. The molecule has 1 saturated carbocycles. The molecule has 2 aliphatic carbocycles. The number of aliphatic hydroxyl groups excluding tert-OH is 1. The van der Waals surface area contributed by atoms with E-state index in [-0.39, 0.29) is 50.2 Å². The second kappa shape index (κ2) is 10.4. The maximum Gasteiger partial charge on any atom is 0.253 e. The molecule has 11 heteroatoms. The molecule has 2 aromatic carbocycles. The van der Waals surface area contributed by atoms with Gasteiger partial charge in [0.15, 0.2) is 9.75 Å². The number of nitrogens with zero attached hydrogens (tertiary/aromatic N) is 2. The van der Waals surface area contributed by atoms with Crippen molar-refractivity contribution in [1.29, 1.82) is 0 Å². The summed E-state index contributed by atoms with van der Waals surface area (Å²) in [6, 6.07) is 13.5. The number of amides is 4. The number of benzene rings is 2. The average molecular weight is 613 g/mol. The second-order valence-corrected chi connectivity index (χ2v) is 12.6. The van der Waals surface area contributed by atoms with Crippen molar-refractivity contribution in [3.63, 3.8) is 0 Å². The van der Waals surface area contributed by atoms with Crippen molar-refractivity contribution in [2.24, 2.45) is 17.8 Å². The number of alkyl halides is 2. The number of ether oxygens (including phenoxy) is 1. The van der Waals surface area contributed by atoms with Crippen molar-refractivity contribution in [1.82, 2.24) is 9.80 Å². The van der Waals surface area contributed by atoms with Crippen LogP contribution in [0.25, 0.3) is 0 Å². The van der Waals surface area contributed by atoms with Gasteiger partial charge in [-0.3, -0.25) is 29.0 Å². The van der Waals surface area contributed by atoms with Crippen LogP contribution in [0.3, 0.4) is 0 Å². The highest BCUT2D eigenvalue weighted by Crippen LogP contribution is 2.66. The first-order chi connectivity index (χ1) is 20.0. The lowest BCUT2D eigenvalue weighted by Gasteiger charge is -2.51. The van der Waals surface area contributed by atoms with E-state index in [0.29, 0.717) is 23.3 Å². The first-order valence-corrected chi connectivity index (χ1v) is 14.7. The Kier molecular flexibility index (Phi) is 7.11. The van der Waals surface area contributed by atoms with Crippen LogP contribution in [0.15, 0.2) is 60.2 Å². The van der Waals surface area contributed by atoms with Gasteiger partial charge in [-0.05, 0) is 48.9 Å². The number of halogens is 2. The van der Waals surface area contributed by atoms with Gasteiger partial charge < -0.3 is 14.9 Å². The van der Waals surface area contributed by atoms with Crippen molar-refractivity contribution in [2.45, 2.75) is 34.9 Å². The summed E-state index contributed by atoms with van der Waals surface area (Å²) in [5.74, 6) is -4.35. The number of carbonyl (C=O) groups excluding carboxylic acids is 4. The molecular formula is C31H30Cl2N2O7. The number of aromatic hydroxyl groups is 1. The van der Waals surface area contributed by atoms with Crippen molar-refractivity contribution >= 4 is 46.8 Å². The molecule has 2 aromatic rings. The summed E-state index contributed by atoms with van der Waals surface area (Å²) >= 11 is 14.4. The SMILES string of the molecule is CN1C(=O)[C@]2(Cl)C[C@@H]3C(=CC[C@@H]4C(=O)N(CCc5ccc(O)cc5)C(=O)[C@@H]43)[C@H](c3ccccc3OCCO)[C@]2(Cl)C1=O. The number of allylic oxidation sites excluding steroid dienone is 2. The Bertz CT molecular complexity index is 1510. The highest BCUT2D eigenvalue weighted by atomic mass is 35.5. The molecule has 0 spiro atoms. The van der Waals surface area contributed by atoms with Crippen LogP contribution < -0.4 is 4.74 Å². The third kappa shape index (κ3) is 4.01. The van der Waals surface area contributed by atoms with E-state index < -0.39 is 45.2 Å². The second-order valence-electron chi connectivity index (χ2n) is 11.4. The molecule has 9 nitrogen and oxygen atoms in total. The molecule has 0 aromatic heterocycles. The number of para-hydroxylation sites is 1. The molecule has 0 bridgehead atoms. The molecule has 2 saturated heterocycles. The van der Waals surface area contributed by atoms with Gasteiger partial charge in [-0.1, -0.05) is 42.0 Å². The number of aliphatic hydroxyl groups is 1. The Morgan fingerprint density at radius 2 is 1.69 bits per heavy atom. The van der Waals surface area contributed by atoms with Gasteiger partial charge in [0.2, 0.25) is 11.8 Å². The number of hydrogen-bond donors (Lipinski definition) is 2. The van der Waals surface area contributed by atoms with Crippen molar-refractivity contribution < 1.29 is 34.1 Å². The predicted molar refractivity (Wildman–Crippen MR) is 153 cm³/mol. The lowest BCUT2D eigenvalue weighted by molar-refractivity contribution is -0.141. The lowest BCUT2D eigenvalue weighted by atomic mass is 9.56. The molecule has 220 valence electrons. The number of rotatable bonds is 7. The lowest BCUT2D eigenvalue weighted by Crippen LogP contribution is -2.60. The molecule has 6 atom stereocenters. The number of fused-ring (bicyclic) bond motifs is 4. The van der Waals surface area contributed by atoms with Crippen LogP contribution in [0.5, 0.6) is 11.5 Å². The zero-order chi connectivity index (χ0) is 30.0. The van der Waals surface area contributed by atoms with Crippen molar-refractivity contribution in [2.75, 3.05) is 26.8 Å². The molecule has 4 aliphatic rings. The summed E-state index contributed by atoms with van der Waals surface area (Å²) < 4.78 is 5.82. The fourth-order valence-corrected chi connectivity index (χ4v) is 8.30. The van der Waals surface area contributed by atoms with Gasteiger partial charge in [0.25, 0.3) is 11.8 Å². The minimum Gasteiger partial charge on any atom is -0.508 e. The Morgan fingerprint density at radius 3 is 2.40 bits per heavy atom. The highest BCUT2D eigenvalue weighted by Gasteiger charge is 2.76. The summed E-state index contributed by atoms with van der Waals surface area (Å²) in [4.78, 5) is 53.3. The van der Waals surface area contributed by atoms with E-state index in [2.05, 4.69) is 0 Å². The largest absolute Gasteiger partial charge is 0.508 e. The van der Waals surface area contributed by atoms with Crippen LogP contribution in [-0.4, -0.2) is 80.2 Å². The molecule has 3 fully saturated rings. The van der Waals surface area contributed by atoms with Crippen LogP contribution in [0.4, 0.5) is 0 Å². The highest BCUT2D eigenvalue weighted by molar-refractivity contribution is 6.53. The average Bonchev–Trinajstić information content (AvgIpc) is 3.30. The third-order valence-corrected chi connectivity index (χ3v) is 10.7. The molecule has 6 rings (SSSR count). The van der Waals surface area contributed by atoms with Crippen molar-refractivity contribution in [3.05, 3.63) is 71.3 Å². The summed E-state index contributed by atoms with van der Waals surface area (Å²) in [7, 11) is 1.35. The monoisotopic (exact) mass is 612 g/mol. The molecule has 42 heavy (non-hydrogen) atoms. The van der Waals surface area contributed by atoms with Gasteiger partial charge in [0, 0.05) is 25.1 Å². The zero-order valence-electron chi connectivity index (χ0n) is 22.8. The maximum atomic E-state index is 14.0. The van der Waals surface area contributed by atoms with E-state index in [1.165, 1.54) is 11.9 Å². The summed E-state index contributed by atoms with van der Waals surface area (Å²) in [6.45, 7) is -0.0748. The quantitative estimate of drug-likeness (QED) is 0.280. The van der Waals surface area contributed by atoms with Gasteiger partial charge in [0.05, 0.1) is 18.4 Å². The molecule has 2 N–H and O–H groups in total. The van der Waals surface area contributed by atoms with Crippen LogP contribution in [0.1, 0.15) is 29.9 Å². The Labute approximate surface area is 252 Å². The van der Waals surface area contributed by atoms with Crippen LogP contribution in [0.2, 0.25) is 0 Å². The summed E-state index contributed by atoms with van der Waals surface area (Å²) in [6.07, 6.45) is 2.49. The van der Waals surface area contributed by atoms with Gasteiger partial charge in [-0.15, -0.1) is 23.2 Å². The molecule has 0 radical (unpaired) electrons. The number of carbonyl (C=O) groups is 4. The number of likely N-dealkylation sites (tertiary alicyclic amines) is 2. The van der Waals surface area contributed by atoms with Crippen molar-refractivity contribution in [3.8, 4) is 11.5 Å². The number of hydrogen-bond acceptors (Lipinski definition) is 7. The topological polar surface area (TPSA) is 124 Å². The minimum absolute atomic E-state index is 0.00598. The Morgan fingerprint density at radius 1 is 0.976 bits per heavy atom. The van der Waals surface area contributed by atoms with Crippen LogP contribution in [0, 0.1) is 17.8 Å². The van der Waals surface area contributed by atoms with E-state index in [1.807, 2.05) is 6.08 Å². The fourth-order valence-electron chi connectivity index (χ4n) is 7.28. The standard InChI is InChI=1S/C31H30Cl2N2O7/c1-34-28(40)30(32)16-22-19(25(31(30,33)29(34)41)20-4-2-3-5-23(20)42-15-14-36)10-11-21-24(22)27(39)35(26(21)38)13-12-17-6-8-18(37)9-7-17/h2-10,21-22,24-25,36-37H,11-16H2,1H3/t21-,22+,24-,25+,30+,31-/m0/s1. The normalized spacial score (nSPS) is 32.0. The number of imide groups is 2. The van der Waals surface area contributed by atoms with E-state index in [0.717, 1.165) is 10.5 Å². The number of phenolic OH excluding ortho intramolecular Hbond substituents is 1. The Hall–Kier alpha value is -3.40. The maximum absolute atomic E-state index is 14.0. The smallest absolute Gasteiger partial charge is 0.253 e. The molecule has 4 amide bonds. The van der Waals surface area contributed by atoms with Crippen LogP contribution in [-0.2, 0) is 25.6 Å². The Balaban J connectivity index is 1.41. The third-order valence-electron chi connectivity index (χ3n) is 9.24. The van der Waals surface area contributed by atoms with Gasteiger partial charge in [-0.2, -0.15) is 0 Å². The van der Waals surface area contributed by atoms with E-state index in [4.69, 9.17) is 27.9 Å². The van der Waals surface area contributed by atoms with E-state index in [1.54, 1.807) is 48.5 Å². The van der Waals surface area contributed by atoms with E-state index in [9.17, 15) is 29.4 Å². The summed E-state index contributed by atoms with van der Waals surface area (Å²) in [5.41, 5.74) is 2.06. The van der Waals surface area contributed by atoms with E-state index >= 15 is 0 Å². The fraction of sp³-hybridized carbons (Fsp3) is 0.419. The van der Waals surface area contributed by atoms with Gasteiger partial charge in [-0.25, -0.2) is 0 Å². The van der Waals surface area contributed by atoms with Gasteiger partial charge >= 0.3 is 0 Å². The first-order valence-electron chi connectivity index (χ1n) is 13.9. The van der Waals surface area contributed by atoms with Gasteiger partial charge in [0.1, 0.15) is 18.1 Å². The minimum atomic E-state index is -1.90. The summed E-state index contributed by atoms with van der Waals surface area (Å²) in [5, 5.41) is 19.0. The molecular weight excluding hydrogens is 583 g/mol. The molecule has 2 heterocycles. The number of phenols is 1. The predicted octanol–water partition coefficient (Wildman–Crippen LogP) is 2.99.